The summed E-state index contributed by atoms with van der Waals surface area (Å²) in [4.78, 5) is 34.3. The number of ketones is 3. The third-order valence-corrected chi connectivity index (χ3v) is 10.2. The number of fused-ring (bicyclic) bond motifs is 3. The fraction of sp³-hybridized carbons (Fsp3) is 0.455. The molecule has 0 bridgehead atoms. The molecule has 0 fully saturated rings. The average molecular weight is 740 g/mol. The van der Waals surface area contributed by atoms with Gasteiger partial charge in [0.05, 0.1) is 37.5 Å². The van der Waals surface area contributed by atoms with E-state index in [1.165, 1.54) is 38.9 Å². The summed E-state index contributed by atoms with van der Waals surface area (Å²) in [5, 5.41) is 19.2. The zero-order valence-electron chi connectivity index (χ0n) is 35.0. The van der Waals surface area contributed by atoms with Gasteiger partial charge in [0.15, 0.2) is 0 Å². The highest BCUT2D eigenvalue weighted by Crippen LogP contribution is 2.24. The molecule has 290 valence electrons. The van der Waals surface area contributed by atoms with Gasteiger partial charge in [0.25, 0.3) is 0 Å². The number of halogens is 1. The van der Waals surface area contributed by atoms with Gasteiger partial charge in [-0.25, -0.2) is 0 Å². The summed E-state index contributed by atoms with van der Waals surface area (Å²) in [7, 11) is 2.89. The van der Waals surface area contributed by atoms with Crippen LogP contribution in [0.1, 0.15) is 89.1 Å². The lowest BCUT2D eigenvalue weighted by molar-refractivity contribution is -0.121. The fourth-order valence-electron chi connectivity index (χ4n) is 7.02. The molecule has 0 radical (unpaired) electrons. The van der Waals surface area contributed by atoms with E-state index in [1.807, 2.05) is 49.0 Å². The molecule has 3 aromatic heterocycles. The van der Waals surface area contributed by atoms with E-state index in [0.29, 0.717) is 0 Å². The second-order valence-corrected chi connectivity index (χ2v) is 14.6. The molecule has 3 aromatic carbocycles. The van der Waals surface area contributed by atoms with Gasteiger partial charge in [-0.3, -0.25) is 33.2 Å². The minimum atomic E-state index is -1.00. The van der Waals surface area contributed by atoms with E-state index in [2.05, 4.69) is 91.4 Å². The number of alkyl halides is 1. The molecule has 10 heteroatoms. The molecule has 54 heavy (non-hydrogen) atoms. The molecular formula is C44H59FN6O3. The smallest absolute Gasteiger partial charge is 0.133 e. The second-order valence-electron chi connectivity index (χ2n) is 14.6. The molecule has 0 amide bonds. The molecule has 6 aromatic rings. The van der Waals surface area contributed by atoms with Crippen LogP contribution in [0.5, 0.6) is 0 Å². The van der Waals surface area contributed by atoms with Crippen molar-refractivity contribution in [1.29, 1.82) is 0 Å². The Morgan fingerprint density at radius 1 is 0.759 bits per heavy atom. The van der Waals surface area contributed by atoms with Crippen molar-refractivity contribution in [2.75, 3.05) is 7.15 Å². The zero-order chi connectivity index (χ0) is 41.0. The van der Waals surface area contributed by atoms with E-state index < -0.39 is 7.15 Å². The number of aromatic amines is 1. The average Bonchev–Trinajstić information content (AvgIpc) is 3.85. The molecule has 0 spiro atoms. The van der Waals surface area contributed by atoms with Crippen LogP contribution in [-0.4, -0.2) is 54.3 Å². The van der Waals surface area contributed by atoms with Crippen molar-refractivity contribution in [1.82, 2.24) is 29.8 Å². The summed E-state index contributed by atoms with van der Waals surface area (Å²) in [6.45, 7) is 17.4. The number of carbonyl (C=O) groups excluding carboxylic acids is 3. The monoisotopic (exact) mass is 739 g/mol. The Morgan fingerprint density at radius 3 is 1.83 bits per heavy atom. The predicted molar refractivity (Wildman–Crippen MR) is 219 cm³/mol. The molecule has 1 N–H and O–H groups in total. The van der Waals surface area contributed by atoms with Gasteiger partial charge in [-0.2, -0.15) is 15.3 Å². The van der Waals surface area contributed by atoms with Crippen LogP contribution in [0, 0.1) is 38.5 Å². The van der Waals surface area contributed by atoms with E-state index in [1.54, 1.807) is 20.8 Å². The lowest BCUT2D eigenvalue weighted by atomic mass is 9.92. The topological polar surface area (TPSA) is 116 Å². The normalized spacial score (nSPS) is 12.8. The summed E-state index contributed by atoms with van der Waals surface area (Å²) >= 11 is 0. The van der Waals surface area contributed by atoms with E-state index >= 15 is 0 Å². The largest absolute Gasteiger partial charge is 0.300 e. The number of nitrogens with one attached hydrogen (secondary N) is 1. The van der Waals surface area contributed by atoms with Crippen molar-refractivity contribution < 1.29 is 20.1 Å². The highest BCUT2D eigenvalue weighted by molar-refractivity contribution is 5.85. The van der Waals surface area contributed by atoms with Gasteiger partial charge < -0.3 is 0 Å². The van der Waals surface area contributed by atoms with Crippen LogP contribution in [0.15, 0.2) is 55.0 Å². The van der Waals surface area contributed by atoms with E-state index in [9.17, 15) is 18.8 Å². The van der Waals surface area contributed by atoms with Crippen molar-refractivity contribution in [2.24, 2.45) is 31.8 Å². The molecule has 0 saturated carbocycles. The number of benzene rings is 3. The maximum absolute atomic E-state index is 11.5. The molecule has 0 unspecified atom stereocenters. The SMILES string of the molecule is CC(=O)[C@H](C)Cc1cc(C)c2[nH]ncc2c1.CC[C@H](Cc1cc(C)c2c(cnn2C)c1)C(C)=O.CC[C@H](Cc1cc(C)c2nn(C)cc2c1)C(C)=O.[2H]CF. The Morgan fingerprint density at radius 2 is 1.28 bits per heavy atom. The maximum Gasteiger partial charge on any atom is 0.133 e. The quantitative estimate of drug-likeness (QED) is 0.142. The van der Waals surface area contributed by atoms with Crippen LogP contribution in [0.3, 0.4) is 0 Å². The number of hydrogen-bond donors (Lipinski definition) is 1. The Bertz CT molecular complexity index is 2190. The molecule has 3 atom stereocenters. The van der Waals surface area contributed by atoms with Gasteiger partial charge >= 0.3 is 0 Å². The van der Waals surface area contributed by atoms with Crippen molar-refractivity contribution >= 4 is 50.1 Å². The molecule has 0 aliphatic rings. The highest BCUT2D eigenvalue weighted by Gasteiger charge is 2.16. The van der Waals surface area contributed by atoms with Gasteiger partial charge in [-0.05, 0) is 125 Å². The van der Waals surface area contributed by atoms with Crippen LogP contribution >= 0.6 is 0 Å². The second kappa shape index (κ2) is 19.9. The summed E-state index contributed by atoms with van der Waals surface area (Å²) in [5.41, 5.74) is 10.6. The summed E-state index contributed by atoms with van der Waals surface area (Å²) in [6.07, 6.45) is 10.0. The lowest BCUT2D eigenvalue weighted by Crippen LogP contribution is -2.12. The van der Waals surface area contributed by atoms with Crippen LogP contribution in [0.25, 0.3) is 32.7 Å². The maximum atomic E-state index is 11.5. The molecule has 6 rings (SSSR count). The van der Waals surface area contributed by atoms with Crippen LogP contribution in [-0.2, 0) is 47.7 Å². The van der Waals surface area contributed by atoms with Crippen LogP contribution < -0.4 is 0 Å². The highest BCUT2D eigenvalue weighted by atomic mass is 19.1. The van der Waals surface area contributed by atoms with Gasteiger partial charge in [-0.15, -0.1) is 0 Å². The van der Waals surface area contributed by atoms with Crippen molar-refractivity contribution in [3.8, 4) is 0 Å². The number of aryl methyl sites for hydroxylation is 5. The summed E-state index contributed by atoms with van der Waals surface area (Å²) < 4.78 is 19.2. The lowest BCUT2D eigenvalue weighted by Gasteiger charge is -2.12. The number of Topliss-reactive ketones (excluding diaryl/α,β-unsaturated/α-hetero) is 3. The number of hydrogen-bond acceptors (Lipinski definition) is 6. The van der Waals surface area contributed by atoms with Gasteiger partial charge in [0, 0.05) is 54.2 Å². The Balaban J connectivity index is 0.000000214. The molecule has 9 nitrogen and oxygen atoms in total. The Kier molecular flexibility index (Phi) is 15.4. The molecule has 3 heterocycles. The first-order valence-electron chi connectivity index (χ1n) is 19.4. The third kappa shape index (κ3) is 11.3. The van der Waals surface area contributed by atoms with E-state index in [0.717, 1.165) is 59.3 Å². The van der Waals surface area contributed by atoms with E-state index in [4.69, 9.17) is 1.37 Å². The minimum Gasteiger partial charge on any atom is -0.300 e. The first-order chi connectivity index (χ1) is 26.0. The number of aromatic nitrogens is 6. The Hall–Kier alpha value is -4.99. The fourth-order valence-corrected chi connectivity index (χ4v) is 7.02. The van der Waals surface area contributed by atoms with Crippen molar-refractivity contribution in [2.45, 2.75) is 94.4 Å². The summed E-state index contributed by atoms with van der Waals surface area (Å²) in [6, 6.07) is 12.9. The molecule has 0 saturated heterocycles. The standard InChI is InChI=1S/2C15H20N2O.C13H16N2O.CH3F/c1-5-13(11(3)18)7-12-6-10(2)15-14(8-12)9-17(4)16-15;1-5-13(11(3)18)7-12-6-10(2)15-14(8-12)9-16-17(15)4;1-8(10(3)16)4-11-5-9(2)13-12(6-11)7-14-15-13;1-2/h2*6,8-9,13H,5,7H2,1-4H3;5-8H,4H2,1-3H3,(H,14,15);1H3/t2*13-;8-;/m111./s1/i;;;1D. The van der Waals surface area contributed by atoms with Crippen molar-refractivity contribution in [3.63, 3.8) is 0 Å². The predicted octanol–water partition coefficient (Wildman–Crippen LogP) is 9.30. The summed E-state index contributed by atoms with van der Waals surface area (Å²) in [5.74, 6) is 1.16. The van der Waals surface area contributed by atoms with Gasteiger partial charge in [0.1, 0.15) is 17.3 Å². The number of nitrogens with zero attached hydrogens (tertiary/aromatic N) is 5. The van der Waals surface area contributed by atoms with Gasteiger partial charge in [-0.1, -0.05) is 39.0 Å². The number of carbonyl (C=O) groups is 3. The van der Waals surface area contributed by atoms with Crippen molar-refractivity contribution in [3.05, 3.63) is 88.4 Å². The van der Waals surface area contributed by atoms with Crippen LogP contribution in [0.4, 0.5) is 4.39 Å². The zero-order valence-corrected chi connectivity index (χ0v) is 34.0. The minimum absolute atomic E-state index is 0.0868. The Labute approximate surface area is 321 Å². The first-order valence-corrected chi connectivity index (χ1v) is 18.7. The molecule has 0 aliphatic heterocycles. The molecular weight excluding hydrogens is 680 g/mol. The number of rotatable bonds is 11. The van der Waals surface area contributed by atoms with E-state index in [-0.39, 0.29) is 35.1 Å². The third-order valence-electron chi connectivity index (χ3n) is 10.2. The van der Waals surface area contributed by atoms with Crippen LogP contribution in [0.2, 0.25) is 0 Å². The molecule has 0 aliphatic carbocycles. The van der Waals surface area contributed by atoms with Gasteiger partial charge in [0.2, 0.25) is 0 Å². The number of H-pyrrole nitrogens is 1. The first kappa shape index (κ1) is 41.8.